The number of piperidine rings is 2. The van der Waals surface area contributed by atoms with Crippen LogP contribution in [0.25, 0.3) is 0 Å². The maximum Gasteiger partial charge on any atom is 0.411 e. The lowest BCUT2D eigenvalue weighted by Gasteiger charge is -2.49. The van der Waals surface area contributed by atoms with Gasteiger partial charge >= 0.3 is 6.09 Å². The predicted octanol–water partition coefficient (Wildman–Crippen LogP) is 1.96. The zero-order chi connectivity index (χ0) is 15.6. The van der Waals surface area contributed by atoms with Crippen LogP contribution in [0.5, 0.6) is 0 Å². The van der Waals surface area contributed by atoms with E-state index < -0.39 is 11.7 Å². The molecule has 21 heavy (non-hydrogen) atoms. The van der Waals surface area contributed by atoms with Gasteiger partial charge in [0.05, 0.1) is 18.7 Å². The van der Waals surface area contributed by atoms with Gasteiger partial charge in [0, 0.05) is 13.5 Å². The molecule has 2 bridgehead atoms. The first-order valence-corrected chi connectivity index (χ1v) is 7.44. The van der Waals surface area contributed by atoms with Gasteiger partial charge in [-0.1, -0.05) is 0 Å². The minimum absolute atomic E-state index is 0.105. The van der Waals surface area contributed by atoms with Crippen LogP contribution in [0.4, 0.5) is 4.79 Å². The van der Waals surface area contributed by atoms with Crippen molar-refractivity contribution in [2.45, 2.75) is 57.7 Å². The molecule has 1 saturated carbocycles. The van der Waals surface area contributed by atoms with Crippen LogP contribution in [-0.4, -0.2) is 55.0 Å². The van der Waals surface area contributed by atoms with Gasteiger partial charge in [-0.05, 0) is 39.5 Å². The second kappa shape index (κ2) is 6.32. The van der Waals surface area contributed by atoms with E-state index in [0.717, 1.165) is 12.8 Å². The smallest absolute Gasteiger partial charge is 0.411 e. The molecule has 1 aliphatic carbocycles. The highest BCUT2D eigenvalue weighted by Gasteiger charge is 2.49. The van der Waals surface area contributed by atoms with Crippen LogP contribution in [0.1, 0.15) is 40.0 Å². The Morgan fingerprint density at radius 3 is 2.62 bits per heavy atom. The van der Waals surface area contributed by atoms with Crippen molar-refractivity contribution in [2.24, 2.45) is 5.92 Å². The van der Waals surface area contributed by atoms with E-state index in [4.69, 9.17) is 14.2 Å². The van der Waals surface area contributed by atoms with Crippen molar-refractivity contribution in [3.05, 3.63) is 0 Å². The Kier molecular flexibility index (Phi) is 4.88. The first kappa shape index (κ1) is 16.2. The molecule has 120 valence electrons. The Hall–Kier alpha value is -1.14. The molecule has 2 aliphatic heterocycles. The van der Waals surface area contributed by atoms with Gasteiger partial charge in [0.25, 0.3) is 0 Å². The molecule has 6 nitrogen and oxygen atoms in total. The molecule has 2 heterocycles. The van der Waals surface area contributed by atoms with E-state index in [0.29, 0.717) is 13.0 Å². The molecule has 0 spiro atoms. The number of carbonyl (C=O) groups excluding carboxylic acids is 2. The summed E-state index contributed by atoms with van der Waals surface area (Å²) in [5, 5.41) is 0. The fourth-order valence-electron chi connectivity index (χ4n) is 3.16. The fraction of sp³-hybridized carbons (Fsp3) is 0.867. The summed E-state index contributed by atoms with van der Waals surface area (Å²) in [5.74, 6) is 0.298. The number of ketones is 1. The summed E-state index contributed by atoms with van der Waals surface area (Å²) in [7, 11) is 1.56. The normalized spacial score (nSPS) is 28.9. The molecule has 3 atom stereocenters. The van der Waals surface area contributed by atoms with Gasteiger partial charge in [-0.15, -0.1) is 0 Å². The number of hydrogen-bond acceptors (Lipinski definition) is 5. The highest BCUT2D eigenvalue weighted by molar-refractivity contribution is 5.90. The average molecular weight is 299 g/mol. The molecule has 0 N–H and O–H groups in total. The molecule has 0 aromatic carbocycles. The third-order valence-corrected chi connectivity index (χ3v) is 3.98. The van der Waals surface area contributed by atoms with Crippen molar-refractivity contribution in [1.29, 1.82) is 0 Å². The zero-order valence-electron chi connectivity index (χ0n) is 13.3. The van der Waals surface area contributed by atoms with Crippen molar-refractivity contribution in [2.75, 3.05) is 20.5 Å². The van der Waals surface area contributed by atoms with Crippen LogP contribution in [0.3, 0.4) is 0 Å². The Morgan fingerprint density at radius 2 is 2.05 bits per heavy atom. The quantitative estimate of drug-likeness (QED) is 0.586. The van der Waals surface area contributed by atoms with Crippen LogP contribution in [0, 0.1) is 5.92 Å². The number of ether oxygens (including phenoxy) is 3. The topological polar surface area (TPSA) is 65.1 Å². The van der Waals surface area contributed by atoms with E-state index in [-0.39, 0.29) is 30.6 Å². The number of Topliss-reactive ketones (excluding diaryl/α,β-unsaturated/α-hetero) is 1. The van der Waals surface area contributed by atoms with E-state index in [2.05, 4.69) is 0 Å². The van der Waals surface area contributed by atoms with E-state index in [1.54, 1.807) is 12.0 Å². The Labute approximate surface area is 125 Å². The Balaban J connectivity index is 2.12. The van der Waals surface area contributed by atoms with Gasteiger partial charge in [0.1, 0.15) is 12.4 Å². The van der Waals surface area contributed by atoms with Crippen molar-refractivity contribution in [3.8, 4) is 0 Å². The van der Waals surface area contributed by atoms with Gasteiger partial charge < -0.3 is 14.2 Å². The molecule has 3 unspecified atom stereocenters. The maximum absolute atomic E-state index is 12.5. The first-order valence-electron chi connectivity index (χ1n) is 7.44. The lowest BCUT2D eigenvalue weighted by molar-refractivity contribution is -0.142. The van der Waals surface area contributed by atoms with E-state index in [1.165, 1.54) is 0 Å². The molecule has 1 amide bonds. The highest BCUT2D eigenvalue weighted by atomic mass is 16.7. The minimum atomic E-state index is -0.575. The monoisotopic (exact) mass is 299 g/mol. The molecule has 0 aromatic heterocycles. The van der Waals surface area contributed by atoms with Gasteiger partial charge in [-0.25, -0.2) is 4.79 Å². The van der Waals surface area contributed by atoms with Crippen LogP contribution >= 0.6 is 0 Å². The van der Waals surface area contributed by atoms with Crippen molar-refractivity contribution >= 4 is 11.9 Å². The molecule has 0 radical (unpaired) electrons. The molecular formula is C15H25NO5. The summed E-state index contributed by atoms with van der Waals surface area (Å²) < 4.78 is 15.8. The second-order valence-corrected chi connectivity index (χ2v) is 6.76. The summed E-state index contributed by atoms with van der Waals surface area (Å²) in [6, 6.07) is -0.465. The highest BCUT2D eigenvalue weighted by Crippen LogP contribution is 2.38. The van der Waals surface area contributed by atoms with E-state index in [1.807, 2.05) is 20.8 Å². The summed E-state index contributed by atoms with van der Waals surface area (Å²) in [6.07, 6.45) is 1.79. The summed E-state index contributed by atoms with van der Waals surface area (Å²) >= 11 is 0. The lowest BCUT2D eigenvalue weighted by atomic mass is 9.74. The summed E-state index contributed by atoms with van der Waals surface area (Å²) in [4.78, 5) is 26.2. The fourth-order valence-corrected chi connectivity index (χ4v) is 3.16. The third kappa shape index (κ3) is 3.74. The summed E-state index contributed by atoms with van der Waals surface area (Å²) in [6.45, 7) is 6.04. The first-order chi connectivity index (χ1) is 9.83. The SMILES string of the molecule is COCOCC1C2CCC(C(=O)C2)N1C(=O)OC(C)(C)C. The van der Waals surface area contributed by atoms with Crippen LogP contribution in [-0.2, 0) is 19.0 Å². The second-order valence-electron chi connectivity index (χ2n) is 6.76. The van der Waals surface area contributed by atoms with Crippen LogP contribution < -0.4 is 0 Å². The van der Waals surface area contributed by atoms with Gasteiger partial charge in [0.15, 0.2) is 5.78 Å². The number of carbonyl (C=O) groups is 2. The van der Waals surface area contributed by atoms with E-state index >= 15 is 0 Å². The number of methoxy groups -OCH3 is 1. The van der Waals surface area contributed by atoms with Crippen LogP contribution in [0.2, 0.25) is 0 Å². The number of nitrogens with zero attached hydrogens (tertiary/aromatic N) is 1. The third-order valence-electron chi connectivity index (χ3n) is 3.98. The zero-order valence-corrected chi connectivity index (χ0v) is 13.3. The number of hydrogen-bond donors (Lipinski definition) is 0. The Morgan fingerprint density at radius 1 is 1.33 bits per heavy atom. The van der Waals surface area contributed by atoms with E-state index in [9.17, 15) is 9.59 Å². The molecule has 3 fully saturated rings. The van der Waals surface area contributed by atoms with Gasteiger partial charge in [-0.3, -0.25) is 9.69 Å². The van der Waals surface area contributed by atoms with Crippen molar-refractivity contribution < 1.29 is 23.8 Å². The minimum Gasteiger partial charge on any atom is -0.444 e. The predicted molar refractivity (Wildman–Crippen MR) is 75.8 cm³/mol. The average Bonchev–Trinajstić information content (AvgIpc) is 2.37. The Bertz CT molecular complexity index is 403. The van der Waals surface area contributed by atoms with Gasteiger partial charge in [0.2, 0.25) is 0 Å². The number of fused-ring (bicyclic) bond motifs is 3. The van der Waals surface area contributed by atoms with Crippen molar-refractivity contribution in [1.82, 2.24) is 4.90 Å². The molecule has 3 aliphatic rings. The molecule has 6 heteroatoms. The molecular weight excluding hydrogens is 274 g/mol. The number of amides is 1. The number of rotatable bonds is 4. The molecule has 2 saturated heterocycles. The molecule has 3 rings (SSSR count). The maximum atomic E-state index is 12.5. The lowest BCUT2D eigenvalue weighted by Crippen LogP contribution is -2.63. The van der Waals surface area contributed by atoms with Gasteiger partial charge in [-0.2, -0.15) is 0 Å². The summed E-state index contributed by atoms with van der Waals surface area (Å²) in [5.41, 5.74) is -0.575. The largest absolute Gasteiger partial charge is 0.444 e. The van der Waals surface area contributed by atoms with Crippen molar-refractivity contribution in [3.63, 3.8) is 0 Å². The van der Waals surface area contributed by atoms with Crippen LogP contribution in [0.15, 0.2) is 0 Å². The molecule has 0 aromatic rings. The standard InChI is InChI=1S/C15H25NO5/c1-15(2,3)21-14(18)16-11-6-5-10(7-13(11)17)12(16)8-20-9-19-4/h10-12H,5-9H2,1-4H3.